The lowest BCUT2D eigenvalue weighted by Gasteiger charge is -2.44. The number of hydrogen-bond acceptors (Lipinski definition) is 4. The molecule has 3 aliphatic heterocycles. The number of nitrogens with one attached hydrogen (secondary N) is 2. The lowest BCUT2D eigenvalue weighted by Crippen LogP contribution is -2.48. The highest BCUT2D eigenvalue weighted by atomic mass is 16.2. The SMILES string of the molecule is CC(=O)N1c2ccc(C3=CCNCC3)cc2C(Nc2ccc(C3=NC3)cc2)[C@@H](C)[C@@H]1C. The molecule has 5 rings (SSSR count). The Kier molecular flexibility index (Phi) is 5.14. The van der Waals surface area contributed by atoms with E-state index in [2.05, 4.69) is 78.0 Å². The zero-order valence-corrected chi connectivity index (χ0v) is 18.5. The Bertz CT molecular complexity index is 1070. The minimum Gasteiger partial charge on any atom is -0.378 e. The number of anilines is 2. The molecule has 0 aliphatic carbocycles. The van der Waals surface area contributed by atoms with E-state index in [9.17, 15) is 4.79 Å². The van der Waals surface area contributed by atoms with Gasteiger partial charge in [0.05, 0.1) is 18.3 Å². The van der Waals surface area contributed by atoms with E-state index in [0.717, 1.165) is 37.4 Å². The van der Waals surface area contributed by atoms with Gasteiger partial charge in [0, 0.05) is 36.8 Å². The van der Waals surface area contributed by atoms with Crippen molar-refractivity contribution in [1.82, 2.24) is 5.32 Å². The van der Waals surface area contributed by atoms with E-state index in [0.29, 0.717) is 0 Å². The molecule has 3 aliphatic rings. The molecule has 0 fully saturated rings. The van der Waals surface area contributed by atoms with Crippen molar-refractivity contribution in [2.75, 3.05) is 29.9 Å². The maximum atomic E-state index is 12.6. The summed E-state index contributed by atoms with van der Waals surface area (Å²) in [5.74, 6) is 0.364. The largest absolute Gasteiger partial charge is 0.378 e. The van der Waals surface area contributed by atoms with Gasteiger partial charge in [-0.1, -0.05) is 31.2 Å². The highest BCUT2D eigenvalue weighted by Crippen LogP contribution is 2.43. The molecule has 0 spiro atoms. The Morgan fingerprint density at radius 2 is 1.87 bits per heavy atom. The summed E-state index contributed by atoms with van der Waals surface area (Å²) in [4.78, 5) is 18.8. The monoisotopic (exact) mass is 414 g/mol. The van der Waals surface area contributed by atoms with Crippen molar-refractivity contribution < 1.29 is 4.79 Å². The van der Waals surface area contributed by atoms with Gasteiger partial charge in [0.1, 0.15) is 0 Å². The maximum absolute atomic E-state index is 12.6. The molecule has 0 aromatic heterocycles. The predicted molar refractivity (Wildman–Crippen MR) is 128 cm³/mol. The number of hydrogen-bond donors (Lipinski definition) is 2. The highest BCUT2D eigenvalue weighted by molar-refractivity contribution is 6.10. The fraction of sp³-hybridized carbons (Fsp3) is 0.385. The third kappa shape index (κ3) is 3.79. The number of nitrogens with zero attached hydrogens (tertiary/aromatic N) is 2. The molecule has 1 unspecified atom stereocenters. The molecule has 2 N–H and O–H groups in total. The Hall–Kier alpha value is -2.92. The minimum atomic E-state index is 0.0995. The summed E-state index contributed by atoms with van der Waals surface area (Å²) in [6.07, 6.45) is 3.31. The van der Waals surface area contributed by atoms with Gasteiger partial charge in [-0.15, -0.1) is 0 Å². The molecule has 31 heavy (non-hydrogen) atoms. The van der Waals surface area contributed by atoms with Gasteiger partial charge in [0.15, 0.2) is 0 Å². The summed E-state index contributed by atoms with van der Waals surface area (Å²) in [6.45, 7) is 8.86. The fourth-order valence-corrected chi connectivity index (χ4v) is 4.95. The summed E-state index contributed by atoms with van der Waals surface area (Å²) < 4.78 is 0. The normalized spacial score (nSPS) is 24.7. The second kappa shape index (κ2) is 7.97. The molecule has 160 valence electrons. The predicted octanol–water partition coefficient (Wildman–Crippen LogP) is 4.41. The van der Waals surface area contributed by atoms with Crippen molar-refractivity contribution >= 4 is 28.6 Å². The van der Waals surface area contributed by atoms with Crippen molar-refractivity contribution in [2.24, 2.45) is 10.9 Å². The molecule has 3 heterocycles. The molecule has 2 aromatic rings. The van der Waals surface area contributed by atoms with Crippen LogP contribution in [0.15, 0.2) is 53.5 Å². The van der Waals surface area contributed by atoms with Gasteiger partial charge in [-0.3, -0.25) is 9.79 Å². The number of amides is 1. The summed E-state index contributed by atoms with van der Waals surface area (Å²) in [5.41, 5.74) is 8.37. The average molecular weight is 415 g/mol. The van der Waals surface area contributed by atoms with Crippen molar-refractivity contribution in [2.45, 2.75) is 39.3 Å². The third-order valence-corrected chi connectivity index (χ3v) is 6.95. The first-order valence-electron chi connectivity index (χ1n) is 11.3. The Morgan fingerprint density at radius 3 is 2.52 bits per heavy atom. The van der Waals surface area contributed by atoms with Crippen LogP contribution >= 0.6 is 0 Å². The van der Waals surface area contributed by atoms with Crippen LogP contribution in [0.4, 0.5) is 11.4 Å². The molecule has 2 aromatic carbocycles. The highest BCUT2D eigenvalue weighted by Gasteiger charge is 2.38. The molecule has 5 heteroatoms. The standard InChI is InChI=1S/C26H30N4O/c1-16-17(2)30(18(3)31)25-9-6-21(19-10-12-27-13-11-19)14-23(25)26(16)29-22-7-4-20(5-8-22)24-15-28-24/h4-10,14,16-17,26-27,29H,11-13,15H2,1-3H3/t16-,17-,26?/m0/s1. The molecule has 3 atom stereocenters. The quantitative estimate of drug-likeness (QED) is 0.779. The van der Waals surface area contributed by atoms with Crippen LogP contribution in [0.2, 0.25) is 0 Å². The number of carbonyl (C=O) groups excluding carboxylic acids is 1. The summed E-state index contributed by atoms with van der Waals surface area (Å²) in [6, 6.07) is 15.4. The second-order valence-corrected chi connectivity index (χ2v) is 8.91. The van der Waals surface area contributed by atoms with Crippen LogP contribution in [0.1, 0.15) is 49.9 Å². The molecule has 0 bridgehead atoms. The number of rotatable bonds is 4. The maximum Gasteiger partial charge on any atom is 0.224 e. The Labute approximate surface area is 184 Å². The van der Waals surface area contributed by atoms with Crippen LogP contribution < -0.4 is 15.5 Å². The van der Waals surface area contributed by atoms with Crippen molar-refractivity contribution in [1.29, 1.82) is 0 Å². The van der Waals surface area contributed by atoms with Crippen LogP contribution in [-0.2, 0) is 4.79 Å². The fourth-order valence-electron chi connectivity index (χ4n) is 4.95. The number of benzene rings is 2. The van der Waals surface area contributed by atoms with Crippen LogP contribution in [0.25, 0.3) is 5.57 Å². The second-order valence-electron chi connectivity index (χ2n) is 8.91. The zero-order valence-electron chi connectivity index (χ0n) is 18.5. The van der Waals surface area contributed by atoms with Gasteiger partial charge in [0.25, 0.3) is 0 Å². The third-order valence-electron chi connectivity index (χ3n) is 6.95. The van der Waals surface area contributed by atoms with Crippen LogP contribution in [-0.4, -0.2) is 37.3 Å². The van der Waals surface area contributed by atoms with Gasteiger partial charge in [-0.2, -0.15) is 0 Å². The van der Waals surface area contributed by atoms with E-state index >= 15 is 0 Å². The van der Waals surface area contributed by atoms with Gasteiger partial charge in [-0.25, -0.2) is 0 Å². The average Bonchev–Trinajstić information content (AvgIpc) is 3.63. The Balaban J connectivity index is 1.53. The summed E-state index contributed by atoms with van der Waals surface area (Å²) in [5, 5.41) is 7.17. The van der Waals surface area contributed by atoms with Crippen molar-refractivity contribution in [3.05, 3.63) is 65.2 Å². The van der Waals surface area contributed by atoms with Crippen molar-refractivity contribution in [3.63, 3.8) is 0 Å². The molecular formula is C26H30N4O. The van der Waals surface area contributed by atoms with Gasteiger partial charge >= 0.3 is 0 Å². The first kappa shape index (κ1) is 20.0. The number of carbonyl (C=O) groups is 1. The first-order chi connectivity index (χ1) is 15.0. The van der Waals surface area contributed by atoms with E-state index in [1.165, 1.54) is 28.0 Å². The van der Waals surface area contributed by atoms with Gasteiger partial charge in [-0.05, 0) is 66.4 Å². The lowest BCUT2D eigenvalue weighted by atomic mass is 9.81. The zero-order chi connectivity index (χ0) is 21.5. The van der Waals surface area contributed by atoms with E-state index in [4.69, 9.17) is 0 Å². The van der Waals surface area contributed by atoms with Gasteiger partial charge < -0.3 is 15.5 Å². The summed E-state index contributed by atoms with van der Waals surface area (Å²) >= 11 is 0. The number of fused-ring (bicyclic) bond motifs is 1. The molecule has 0 saturated heterocycles. The van der Waals surface area contributed by atoms with E-state index in [1.807, 2.05) is 4.90 Å². The molecule has 5 nitrogen and oxygen atoms in total. The van der Waals surface area contributed by atoms with Crippen LogP contribution in [0.5, 0.6) is 0 Å². The first-order valence-corrected chi connectivity index (χ1v) is 11.3. The van der Waals surface area contributed by atoms with Crippen LogP contribution in [0, 0.1) is 5.92 Å². The van der Waals surface area contributed by atoms with E-state index in [1.54, 1.807) is 6.92 Å². The molecule has 1 amide bonds. The van der Waals surface area contributed by atoms with E-state index in [-0.39, 0.29) is 23.9 Å². The Morgan fingerprint density at radius 1 is 1.13 bits per heavy atom. The van der Waals surface area contributed by atoms with Gasteiger partial charge in [0.2, 0.25) is 5.91 Å². The lowest BCUT2D eigenvalue weighted by molar-refractivity contribution is -0.117. The van der Waals surface area contributed by atoms with Crippen molar-refractivity contribution in [3.8, 4) is 0 Å². The molecular weight excluding hydrogens is 384 g/mol. The molecule has 0 saturated carbocycles. The number of aliphatic imine (C=N–C) groups is 1. The summed E-state index contributed by atoms with van der Waals surface area (Å²) in [7, 11) is 0. The topological polar surface area (TPSA) is 56.7 Å². The van der Waals surface area contributed by atoms with Crippen LogP contribution in [0.3, 0.4) is 0 Å². The van der Waals surface area contributed by atoms with E-state index < -0.39 is 0 Å². The molecule has 0 radical (unpaired) electrons. The minimum absolute atomic E-state index is 0.0995. The smallest absolute Gasteiger partial charge is 0.224 e.